The van der Waals surface area contributed by atoms with Gasteiger partial charge in [-0.05, 0) is 48.6 Å². The topological polar surface area (TPSA) is 114 Å². The molecule has 0 saturated heterocycles. The molecule has 3 amide bonds. The number of benzene rings is 2. The van der Waals surface area contributed by atoms with Gasteiger partial charge in [0, 0.05) is 11.4 Å². The first kappa shape index (κ1) is 24.2. The van der Waals surface area contributed by atoms with Crippen LogP contribution >= 0.6 is 11.3 Å². The van der Waals surface area contributed by atoms with Gasteiger partial charge < -0.3 is 20.7 Å². The third-order valence-electron chi connectivity index (χ3n) is 5.65. The van der Waals surface area contributed by atoms with Crippen molar-refractivity contribution in [1.82, 2.24) is 5.32 Å². The van der Waals surface area contributed by atoms with Gasteiger partial charge in [-0.15, -0.1) is 0 Å². The highest BCUT2D eigenvalue weighted by Gasteiger charge is 2.21. The minimum Gasteiger partial charge on any atom is -0.452 e. The van der Waals surface area contributed by atoms with Crippen LogP contribution in [0, 0.1) is 0 Å². The molecule has 1 fully saturated rings. The fourth-order valence-corrected chi connectivity index (χ4v) is 4.51. The second-order valence-electron chi connectivity index (χ2n) is 8.14. The third kappa shape index (κ3) is 6.33. The summed E-state index contributed by atoms with van der Waals surface area (Å²) < 4.78 is 5.18. The summed E-state index contributed by atoms with van der Waals surface area (Å²) in [6.45, 7) is -0.551. The first-order valence-corrected chi connectivity index (χ1v) is 12.2. The van der Waals surface area contributed by atoms with E-state index in [9.17, 15) is 19.2 Å². The van der Waals surface area contributed by atoms with Crippen LogP contribution in [0.1, 0.15) is 56.8 Å². The van der Waals surface area contributed by atoms with Gasteiger partial charge in [-0.3, -0.25) is 14.4 Å². The van der Waals surface area contributed by atoms with E-state index in [1.807, 2.05) is 0 Å². The standard InChI is InChI=1S/C26H25N3O5S/c30-23(28-21-11-5-3-9-19(21)25(32)27-18-7-1-2-8-18)15-34-26(33)20-10-4-6-12-22(20)29-24(31)17-13-14-35-16-17/h3-6,9-14,16,18H,1-2,7-8,15H2,(H,27,32)(H,28,30)(H,29,31). The Hall–Kier alpha value is -3.98. The second kappa shape index (κ2) is 11.4. The van der Waals surface area contributed by atoms with E-state index in [2.05, 4.69) is 16.0 Å². The van der Waals surface area contributed by atoms with Crippen molar-refractivity contribution in [2.45, 2.75) is 31.7 Å². The first-order valence-electron chi connectivity index (χ1n) is 11.3. The summed E-state index contributed by atoms with van der Waals surface area (Å²) in [5.74, 6) is -1.94. The van der Waals surface area contributed by atoms with Crippen molar-refractivity contribution in [3.05, 3.63) is 82.0 Å². The number of amides is 3. The largest absolute Gasteiger partial charge is 0.452 e. The summed E-state index contributed by atoms with van der Waals surface area (Å²) >= 11 is 1.39. The van der Waals surface area contributed by atoms with Crippen LogP contribution in [-0.4, -0.2) is 36.3 Å². The molecular weight excluding hydrogens is 466 g/mol. The number of nitrogens with one attached hydrogen (secondary N) is 3. The Morgan fingerprint density at radius 3 is 2.17 bits per heavy atom. The molecule has 1 heterocycles. The van der Waals surface area contributed by atoms with Crippen molar-refractivity contribution in [1.29, 1.82) is 0 Å². The van der Waals surface area contributed by atoms with Gasteiger partial charge in [0.05, 0.1) is 28.1 Å². The number of carbonyl (C=O) groups excluding carboxylic acids is 4. The van der Waals surface area contributed by atoms with Crippen LogP contribution in [0.2, 0.25) is 0 Å². The van der Waals surface area contributed by atoms with E-state index in [0.717, 1.165) is 25.7 Å². The van der Waals surface area contributed by atoms with E-state index < -0.39 is 18.5 Å². The molecule has 4 rings (SSSR count). The summed E-state index contributed by atoms with van der Waals surface area (Å²) in [4.78, 5) is 50.2. The van der Waals surface area contributed by atoms with E-state index in [-0.39, 0.29) is 29.1 Å². The minimum atomic E-state index is -0.756. The smallest absolute Gasteiger partial charge is 0.340 e. The average Bonchev–Trinajstić information content (AvgIpc) is 3.58. The van der Waals surface area contributed by atoms with Gasteiger partial charge in [0.1, 0.15) is 0 Å². The van der Waals surface area contributed by atoms with Crippen molar-refractivity contribution in [2.24, 2.45) is 0 Å². The molecule has 180 valence electrons. The van der Waals surface area contributed by atoms with Gasteiger partial charge in [0.25, 0.3) is 17.7 Å². The molecule has 0 radical (unpaired) electrons. The van der Waals surface area contributed by atoms with Gasteiger partial charge in [0.2, 0.25) is 0 Å². The molecule has 35 heavy (non-hydrogen) atoms. The molecule has 9 heteroatoms. The van der Waals surface area contributed by atoms with Crippen molar-refractivity contribution < 1.29 is 23.9 Å². The Morgan fingerprint density at radius 1 is 0.829 bits per heavy atom. The van der Waals surface area contributed by atoms with Gasteiger partial charge in [-0.25, -0.2) is 4.79 Å². The summed E-state index contributed by atoms with van der Waals surface area (Å²) in [7, 11) is 0. The molecule has 1 aliphatic carbocycles. The molecule has 1 aliphatic rings. The zero-order chi connectivity index (χ0) is 24.6. The van der Waals surface area contributed by atoms with Crippen LogP contribution in [0.5, 0.6) is 0 Å². The van der Waals surface area contributed by atoms with E-state index in [0.29, 0.717) is 16.8 Å². The van der Waals surface area contributed by atoms with Crippen molar-refractivity contribution in [3.8, 4) is 0 Å². The molecular formula is C26H25N3O5S. The minimum absolute atomic E-state index is 0.125. The van der Waals surface area contributed by atoms with Gasteiger partial charge in [0.15, 0.2) is 6.61 Å². The molecule has 2 aromatic carbocycles. The highest BCUT2D eigenvalue weighted by Crippen LogP contribution is 2.21. The Kier molecular flexibility index (Phi) is 7.89. The van der Waals surface area contributed by atoms with Crippen molar-refractivity contribution >= 4 is 46.4 Å². The summed E-state index contributed by atoms with van der Waals surface area (Å²) in [6, 6.07) is 14.9. The molecule has 0 atom stereocenters. The van der Waals surface area contributed by atoms with Crippen molar-refractivity contribution in [2.75, 3.05) is 17.2 Å². The first-order chi connectivity index (χ1) is 17.0. The van der Waals surface area contributed by atoms with Crippen LogP contribution in [0.15, 0.2) is 65.4 Å². The van der Waals surface area contributed by atoms with Crippen LogP contribution in [0.4, 0.5) is 11.4 Å². The molecule has 0 spiro atoms. The molecule has 1 aromatic heterocycles. The number of rotatable bonds is 8. The molecule has 1 saturated carbocycles. The third-order valence-corrected chi connectivity index (χ3v) is 6.33. The van der Waals surface area contributed by atoms with Gasteiger partial charge >= 0.3 is 5.97 Å². The normalized spacial score (nSPS) is 13.1. The second-order valence-corrected chi connectivity index (χ2v) is 8.92. The molecule has 0 aliphatic heterocycles. The molecule has 0 unspecified atom stereocenters. The Labute approximate surface area is 206 Å². The lowest BCUT2D eigenvalue weighted by Gasteiger charge is -2.15. The fourth-order valence-electron chi connectivity index (χ4n) is 3.88. The molecule has 0 bridgehead atoms. The molecule has 8 nitrogen and oxygen atoms in total. The number of hydrogen-bond donors (Lipinski definition) is 3. The Bertz CT molecular complexity index is 1220. The Balaban J connectivity index is 1.35. The van der Waals surface area contributed by atoms with E-state index >= 15 is 0 Å². The number of hydrogen-bond acceptors (Lipinski definition) is 6. The van der Waals surface area contributed by atoms with E-state index in [1.165, 1.54) is 17.4 Å². The monoisotopic (exact) mass is 491 g/mol. The zero-order valence-electron chi connectivity index (χ0n) is 18.9. The molecule has 3 N–H and O–H groups in total. The quantitative estimate of drug-likeness (QED) is 0.403. The van der Waals surface area contributed by atoms with E-state index in [4.69, 9.17) is 4.74 Å². The number of thiophene rings is 1. The van der Waals surface area contributed by atoms with Crippen molar-refractivity contribution in [3.63, 3.8) is 0 Å². The average molecular weight is 492 g/mol. The van der Waals surface area contributed by atoms with Gasteiger partial charge in [-0.2, -0.15) is 11.3 Å². The fraction of sp³-hybridized carbons (Fsp3) is 0.231. The van der Waals surface area contributed by atoms with Crippen LogP contribution in [0.25, 0.3) is 0 Å². The number of carbonyl (C=O) groups is 4. The highest BCUT2D eigenvalue weighted by atomic mass is 32.1. The number of esters is 1. The lowest BCUT2D eigenvalue weighted by atomic mass is 10.1. The van der Waals surface area contributed by atoms with Gasteiger partial charge in [-0.1, -0.05) is 37.1 Å². The van der Waals surface area contributed by atoms with E-state index in [1.54, 1.807) is 59.3 Å². The highest BCUT2D eigenvalue weighted by molar-refractivity contribution is 7.08. The predicted octanol–water partition coefficient (Wildman–Crippen LogP) is 4.47. The molecule has 3 aromatic rings. The summed E-state index contributed by atoms with van der Waals surface area (Å²) in [6.07, 6.45) is 4.09. The predicted molar refractivity (Wildman–Crippen MR) is 134 cm³/mol. The Morgan fingerprint density at radius 2 is 1.49 bits per heavy atom. The zero-order valence-corrected chi connectivity index (χ0v) is 19.7. The van der Waals surface area contributed by atoms with Crippen LogP contribution < -0.4 is 16.0 Å². The van der Waals surface area contributed by atoms with Crippen LogP contribution in [0.3, 0.4) is 0 Å². The maximum Gasteiger partial charge on any atom is 0.340 e. The lowest BCUT2D eigenvalue weighted by Crippen LogP contribution is -2.33. The maximum absolute atomic E-state index is 12.7. The summed E-state index contributed by atoms with van der Waals surface area (Å²) in [5.41, 5.74) is 1.57. The SMILES string of the molecule is O=C(COC(=O)c1ccccc1NC(=O)c1ccsc1)Nc1ccccc1C(=O)NC1CCCC1. The summed E-state index contributed by atoms with van der Waals surface area (Å²) in [5, 5.41) is 11.8. The maximum atomic E-state index is 12.7. The number of ether oxygens (including phenoxy) is 1. The number of para-hydroxylation sites is 2. The number of anilines is 2. The lowest BCUT2D eigenvalue weighted by molar-refractivity contribution is -0.119. The van der Waals surface area contributed by atoms with Crippen LogP contribution in [-0.2, 0) is 9.53 Å².